The molecule has 2 saturated carbocycles. The van der Waals surface area contributed by atoms with Crippen LogP contribution in [0.3, 0.4) is 0 Å². The van der Waals surface area contributed by atoms with Gasteiger partial charge in [0.1, 0.15) is 29.5 Å². The number of nitrogens with zero attached hydrogens (tertiary/aromatic N) is 3. The number of benzene rings is 1. The van der Waals surface area contributed by atoms with Crippen molar-refractivity contribution in [2.45, 2.75) is 74.9 Å². The number of aromatic nitrogens is 1. The van der Waals surface area contributed by atoms with E-state index >= 15 is 0 Å². The number of carbonyl (C=O) groups is 3. The van der Waals surface area contributed by atoms with Crippen molar-refractivity contribution >= 4 is 50.3 Å². The van der Waals surface area contributed by atoms with E-state index in [0.717, 1.165) is 10.8 Å². The number of hydrogen-bond donors (Lipinski definition) is 2. The molecule has 244 valence electrons. The highest BCUT2D eigenvalue weighted by Crippen LogP contribution is 2.45. The second-order valence-electron chi connectivity index (χ2n) is 12.2. The Bertz CT molecular complexity index is 1600. The van der Waals surface area contributed by atoms with Crippen molar-refractivity contribution in [3.63, 3.8) is 0 Å². The lowest BCUT2D eigenvalue weighted by Gasteiger charge is -2.33. The maximum Gasteiger partial charge on any atom is 0.259 e. The van der Waals surface area contributed by atoms with E-state index in [9.17, 15) is 22.8 Å². The van der Waals surface area contributed by atoms with Crippen LogP contribution in [-0.2, 0) is 24.4 Å². The second-order valence-corrected chi connectivity index (χ2v) is 14.7. The third-order valence-electron chi connectivity index (χ3n) is 9.13. The minimum Gasteiger partial charge on any atom is -0.497 e. The normalized spacial score (nSPS) is 25.8. The minimum absolute atomic E-state index is 0.0724. The Hall–Kier alpha value is -3.42. The highest BCUT2D eigenvalue weighted by atomic mass is 35.5. The first-order valence-corrected chi connectivity index (χ1v) is 17.0. The van der Waals surface area contributed by atoms with E-state index < -0.39 is 56.7 Å². The monoisotopic (exact) mass is 661 g/mol. The van der Waals surface area contributed by atoms with E-state index in [1.54, 1.807) is 26.4 Å². The number of likely N-dealkylation sites (N-methyl/N-ethyl adjacent to an activating group) is 1. The number of sulfonamides is 1. The van der Waals surface area contributed by atoms with Crippen LogP contribution >= 0.6 is 11.8 Å². The van der Waals surface area contributed by atoms with Crippen LogP contribution in [0.5, 0.6) is 11.6 Å². The highest BCUT2D eigenvalue weighted by molar-refractivity contribution is 7.91. The van der Waals surface area contributed by atoms with Gasteiger partial charge in [-0.25, -0.2) is 17.8 Å². The highest BCUT2D eigenvalue weighted by Gasteiger charge is 2.62. The first-order chi connectivity index (χ1) is 21.3. The van der Waals surface area contributed by atoms with Gasteiger partial charge in [0, 0.05) is 31.0 Å². The van der Waals surface area contributed by atoms with Crippen LogP contribution in [0.1, 0.15) is 46.0 Å². The van der Waals surface area contributed by atoms with Gasteiger partial charge in [-0.3, -0.25) is 19.1 Å². The molecule has 45 heavy (non-hydrogen) atoms. The molecule has 12 nitrogen and oxygen atoms in total. The second kappa shape index (κ2) is 12.8. The van der Waals surface area contributed by atoms with Gasteiger partial charge >= 0.3 is 0 Å². The number of likely N-dealkylation sites (tertiary alicyclic amines) is 1. The molecule has 2 N–H and O–H groups in total. The number of nitrogens with one attached hydrogen (secondary N) is 2. The van der Waals surface area contributed by atoms with Crippen LogP contribution in [0.25, 0.3) is 10.8 Å². The molecule has 6 atom stereocenters. The van der Waals surface area contributed by atoms with E-state index in [4.69, 9.17) is 21.3 Å². The number of ether oxygens (including phenoxy) is 2. The van der Waals surface area contributed by atoms with Gasteiger partial charge in [-0.05, 0) is 66.6 Å². The fraction of sp³-hybridized carbons (Fsp3) is 0.548. The molecule has 5 rings (SSSR count). The summed E-state index contributed by atoms with van der Waals surface area (Å²) in [6.07, 6.45) is 4.47. The molecule has 1 aromatic heterocycles. The lowest BCUT2D eigenvalue weighted by Crippen LogP contribution is -2.58. The van der Waals surface area contributed by atoms with Gasteiger partial charge in [0.2, 0.25) is 27.7 Å². The zero-order valence-corrected chi connectivity index (χ0v) is 27.4. The topological polar surface area (TPSA) is 147 Å². The van der Waals surface area contributed by atoms with Crippen LogP contribution in [0, 0.1) is 11.8 Å². The smallest absolute Gasteiger partial charge is 0.259 e. The van der Waals surface area contributed by atoms with Crippen molar-refractivity contribution < 1.29 is 32.3 Å². The van der Waals surface area contributed by atoms with Crippen molar-refractivity contribution in [2.24, 2.45) is 11.8 Å². The molecule has 1 aliphatic heterocycles. The predicted molar refractivity (Wildman–Crippen MR) is 169 cm³/mol. The number of halogens is 1. The van der Waals surface area contributed by atoms with Gasteiger partial charge in [-0.15, -0.1) is 6.58 Å². The number of amides is 3. The summed E-state index contributed by atoms with van der Waals surface area (Å²) in [4.78, 5) is 47.2. The third kappa shape index (κ3) is 6.61. The van der Waals surface area contributed by atoms with Crippen LogP contribution in [0.4, 0.5) is 0 Å². The van der Waals surface area contributed by atoms with Gasteiger partial charge in [0.05, 0.1) is 18.9 Å². The largest absolute Gasteiger partial charge is 0.497 e. The number of rotatable bonds is 13. The zero-order chi connectivity index (χ0) is 32.7. The lowest BCUT2D eigenvalue weighted by molar-refractivity contribution is -0.143. The molecule has 1 unspecified atom stereocenters. The van der Waals surface area contributed by atoms with Gasteiger partial charge < -0.3 is 19.7 Å². The number of methoxy groups -OCH3 is 1. The fourth-order valence-electron chi connectivity index (χ4n) is 6.04. The van der Waals surface area contributed by atoms with Crippen LogP contribution < -0.4 is 19.5 Å². The molecule has 3 aliphatic rings. The Morgan fingerprint density at radius 1 is 1.29 bits per heavy atom. The van der Waals surface area contributed by atoms with E-state index in [2.05, 4.69) is 21.6 Å². The summed E-state index contributed by atoms with van der Waals surface area (Å²) in [6, 6.07) is 5.58. The number of hydrogen-bond acceptors (Lipinski definition) is 9. The summed E-state index contributed by atoms with van der Waals surface area (Å²) >= 11 is 6.38. The summed E-state index contributed by atoms with van der Waals surface area (Å²) in [6.45, 7) is 7.69. The van der Waals surface area contributed by atoms with Crippen LogP contribution in [-0.4, -0.2) is 90.1 Å². The Kier molecular flexibility index (Phi) is 9.35. The molecule has 1 aromatic carbocycles. The molecule has 2 aliphatic carbocycles. The molecule has 3 fully saturated rings. The van der Waals surface area contributed by atoms with Crippen LogP contribution in [0.2, 0.25) is 0 Å². The van der Waals surface area contributed by atoms with Gasteiger partial charge in [0.25, 0.3) is 5.91 Å². The van der Waals surface area contributed by atoms with Gasteiger partial charge in [0.15, 0.2) is 0 Å². The fourth-order valence-corrected chi connectivity index (χ4v) is 7.68. The van der Waals surface area contributed by atoms with E-state index in [1.807, 2.05) is 32.0 Å². The molecule has 1 saturated heterocycles. The average molecular weight is 662 g/mol. The lowest BCUT2D eigenvalue weighted by atomic mass is 9.97. The Balaban J connectivity index is 1.42. The van der Waals surface area contributed by atoms with Gasteiger partial charge in [-0.2, -0.15) is 0 Å². The Morgan fingerprint density at radius 3 is 2.62 bits per heavy atom. The molecule has 0 radical (unpaired) electrons. The first kappa shape index (κ1) is 33.0. The van der Waals surface area contributed by atoms with E-state index in [1.165, 1.54) is 15.4 Å². The molecular weight excluding hydrogens is 622 g/mol. The van der Waals surface area contributed by atoms with Crippen molar-refractivity contribution in [3.8, 4) is 11.6 Å². The summed E-state index contributed by atoms with van der Waals surface area (Å²) in [5.41, 5.74) is -1.48. The van der Waals surface area contributed by atoms with Crippen molar-refractivity contribution in [2.75, 3.05) is 20.7 Å². The quantitative estimate of drug-likeness (QED) is 0.244. The third-order valence-corrected chi connectivity index (χ3v) is 11.2. The summed E-state index contributed by atoms with van der Waals surface area (Å²) in [7, 11) is -0.662. The molecule has 2 heterocycles. The molecule has 0 spiro atoms. The van der Waals surface area contributed by atoms with E-state index in [-0.39, 0.29) is 31.2 Å². The maximum absolute atomic E-state index is 14.0. The van der Waals surface area contributed by atoms with Crippen LogP contribution in [0.15, 0.2) is 43.1 Å². The van der Waals surface area contributed by atoms with Crippen molar-refractivity contribution in [1.29, 1.82) is 0 Å². The first-order valence-electron chi connectivity index (χ1n) is 15.1. The zero-order valence-electron chi connectivity index (χ0n) is 25.9. The van der Waals surface area contributed by atoms with Crippen molar-refractivity contribution in [3.05, 3.63) is 43.1 Å². The standard InChI is InChI=1S/C31H40ClN5O7S/c1-6-18(3)26(36(4)32)29(39)37-17-22(44-28-24-11-8-21(43-5)14-19(24)12-13-33-28)15-25(37)27(38)34-31(16-20(31)7-2)30(40)35-45(41,42)23-9-10-23/h7-8,11-14,18,20,22-23,25-26H,2,6,9-10,15-17H2,1,3-5H3,(H,34,38)(H,35,40)/t18-,20+,22+,25-,26?,31+/m0/s1. The minimum atomic E-state index is -3.84. The van der Waals surface area contributed by atoms with Gasteiger partial charge in [-0.1, -0.05) is 26.3 Å². The number of fused-ring (bicyclic) bond motifs is 1. The predicted octanol–water partition coefficient (Wildman–Crippen LogP) is 2.76. The molecule has 3 amide bonds. The Labute approximate surface area is 268 Å². The summed E-state index contributed by atoms with van der Waals surface area (Å²) in [5.74, 6) is -1.32. The summed E-state index contributed by atoms with van der Waals surface area (Å²) < 4.78 is 40.3. The van der Waals surface area contributed by atoms with Crippen molar-refractivity contribution in [1.82, 2.24) is 24.3 Å². The molecule has 14 heteroatoms. The molecule has 0 bridgehead atoms. The molecule has 2 aromatic rings. The van der Waals surface area contributed by atoms with E-state index in [0.29, 0.717) is 30.9 Å². The number of carbonyl (C=O) groups excluding carboxylic acids is 3. The average Bonchev–Trinajstić information content (AvgIpc) is 3.93. The number of pyridine rings is 1. The summed E-state index contributed by atoms with van der Waals surface area (Å²) in [5, 5.41) is 3.78. The Morgan fingerprint density at radius 2 is 2.02 bits per heavy atom. The maximum atomic E-state index is 14.0. The SMILES string of the molecule is C=C[C@@H]1C[C@]1(NC(=O)[C@@H]1C[C@@H](Oc2nccc3cc(OC)ccc23)CN1C(=O)C([C@@H](C)CC)N(C)Cl)C(=O)NS(=O)(=O)C1CC1. The molecular formula is C31H40ClN5O7S.